The van der Waals surface area contributed by atoms with Crippen LogP contribution in [0, 0.1) is 0 Å². The number of aliphatic imine (C=N–C) groups is 1. The Morgan fingerprint density at radius 3 is 2.38 bits per heavy atom. The summed E-state index contributed by atoms with van der Waals surface area (Å²) in [5, 5.41) is 18.9. The number of rotatable bonds is 4. The van der Waals surface area contributed by atoms with Gasteiger partial charge in [0.2, 0.25) is 0 Å². The van der Waals surface area contributed by atoms with E-state index in [9.17, 15) is 14.7 Å². The topological polar surface area (TPSA) is 90.2 Å². The molecule has 0 atom stereocenters. The van der Waals surface area contributed by atoms with Gasteiger partial charge in [0.25, 0.3) is 5.91 Å². The molecule has 3 rings (SSSR count). The molecule has 2 aromatic rings. The summed E-state index contributed by atoms with van der Waals surface area (Å²) in [6.45, 7) is 2.34. The second-order valence-electron chi connectivity index (χ2n) is 5.50. The highest BCUT2D eigenvalue weighted by molar-refractivity contribution is 8.18. The molecule has 1 saturated heterocycles. The fraction of sp³-hybridized carbons (Fsp3) is 0.105. The molecule has 0 unspecified atom stereocenters. The van der Waals surface area contributed by atoms with E-state index in [1.807, 2.05) is 6.92 Å². The van der Waals surface area contributed by atoms with Crippen LogP contribution < -0.4 is 0 Å². The van der Waals surface area contributed by atoms with Gasteiger partial charge in [-0.2, -0.15) is 0 Å². The van der Waals surface area contributed by atoms with Crippen LogP contribution in [-0.2, 0) is 4.79 Å². The molecule has 0 radical (unpaired) electrons. The molecular formula is C19H16N2O4S. The molecule has 1 aliphatic heterocycles. The molecular weight excluding hydrogens is 352 g/mol. The van der Waals surface area contributed by atoms with Gasteiger partial charge in [-0.1, -0.05) is 12.1 Å². The fourth-order valence-corrected chi connectivity index (χ4v) is 3.44. The number of amides is 1. The number of likely N-dealkylation sites (N-methyl/N-ethyl adjacent to an activating group) is 1. The molecule has 0 saturated carbocycles. The molecule has 26 heavy (non-hydrogen) atoms. The highest BCUT2D eigenvalue weighted by atomic mass is 32.2. The van der Waals surface area contributed by atoms with Gasteiger partial charge >= 0.3 is 5.97 Å². The number of hydrogen-bond acceptors (Lipinski definition) is 5. The van der Waals surface area contributed by atoms with Crippen LogP contribution in [0.1, 0.15) is 22.8 Å². The predicted molar refractivity (Wildman–Crippen MR) is 102 cm³/mol. The predicted octanol–water partition coefficient (Wildman–Crippen LogP) is 3.71. The maximum Gasteiger partial charge on any atom is 0.335 e. The molecule has 1 heterocycles. The van der Waals surface area contributed by atoms with E-state index in [4.69, 9.17) is 5.11 Å². The lowest BCUT2D eigenvalue weighted by molar-refractivity contribution is -0.122. The van der Waals surface area contributed by atoms with Crippen LogP contribution in [0.5, 0.6) is 5.75 Å². The normalized spacial score (nSPS) is 17.3. The Morgan fingerprint density at radius 1 is 1.15 bits per heavy atom. The average molecular weight is 368 g/mol. The van der Waals surface area contributed by atoms with Gasteiger partial charge in [-0.05, 0) is 66.7 Å². The molecule has 1 aliphatic rings. The Bertz CT molecular complexity index is 902. The summed E-state index contributed by atoms with van der Waals surface area (Å²) in [5.74, 6) is -0.963. The van der Waals surface area contributed by atoms with Crippen molar-refractivity contribution in [1.82, 2.24) is 4.90 Å². The third kappa shape index (κ3) is 3.78. The number of benzene rings is 2. The third-order valence-electron chi connectivity index (χ3n) is 3.73. The summed E-state index contributed by atoms with van der Waals surface area (Å²) in [7, 11) is 0. The number of carbonyl (C=O) groups is 2. The number of phenols is 1. The minimum absolute atomic E-state index is 0.133. The largest absolute Gasteiger partial charge is 0.508 e. The number of thioether (sulfide) groups is 1. The number of aromatic hydroxyl groups is 1. The zero-order valence-electron chi connectivity index (χ0n) is 13.9. The second kappa shape index (κ2) is 7.45. The van der Waals surface area contributed by atoms with Gasteiger partial charge in [0.15, 0.2) is 5.17 Å². The summed E-state index contributed by atoms with van der Waals surface area (Å²) >= 11 is 1.26. The zero-order chi connectivity index (χ0) is 18.7. The summed E-state index contributed by atoms with van der Waals surface area (Å²) in [4.78, 5) is 30.1. The Kier molecular flexibility index (Phi) is 5.09. The van der Waals surface area contributed by atoms with Crippen LogP contribution in [0.25, 0.3) is 6.08 Å². The number of carbonyl (C=O) groups excluding carboxylic acids is 1. The van der Waals surface area contributed by atoms with Crippen molar-refractivity contribution >= 4 is 40.6 Å². The Hall–Kier alpha value is -3.06. The van der Waals surface area contributed by atoms with Crippen LogP contribution in [-0.4, -0.2) is 38.7 Å². The van der Waals surface area contributed by atoms with Crippen molar-refractivity contribution < 1.29 is 19.8 Å². The van der Waals surface area contributed by atoms with E-state index in [-0.39, 0.29) is 17.2 Å². The molecule has 7 heteroatoms. The van der Waals surface area contributed by atoms with Gasteiger partial charge in [0.1, 0.15) is 5.75 Å². The molecule has 0 bridgehead atoms. The molecule has 6 nitrogen and oxygen atoms in total. The van der Waals surface area contributed by atoms with Crippen LogP contribution in [0.3, 0.4) is 0 Å². The molecule has 1 fully saturated rings. The maximum atomic E-state index is 12.6. The molecule has 0 spiro atoms. The number of amidine groups is 1. The molecule has 1 amide bonds. The quantitative estimate of drug-likeness (QED) is 0.803. The highest BCUT2D eigenvalue weighted by Crippen LogP contribution is 2.34. The number of carboxylic acids is 1. The first kappa shape index (κ1) is 17.8. The minimum Gasteiger partial charge on any atom is -0.508 e. The fourth-order valence-electron chi connectivity index (χ4n) is 2.38. The first-order valence-electron chi connectivity index (χ1n) is 7.90. The smallest absolute Gasteiger partial charge is 0.335 e. The summed E-state index contributed by atoms with van der Waals surface area (Å²) in [5.41, 5.74) is 1.57. The zero-order valence-corrected chi connectivity index (χ0v) is 14.7. The Morgan fingerprint density at radius 2 is 1.81 bits per heavy atom. The number of nitrogens with zero attached hydrogens (tertiary/aromatic N) is 2. The minimum atomic E-state index is -0.996. The van der Waals surface area contributed by atoms with Crippen molar-refractivity contribution in [3.63, 3.8) is 0 Å². The molecule has 2 N–H and O–H groups in total. The Balaban J connectivity index is 1.89. The van der Waals surface area contributed by atoms with Crippen LogP contribution >= 0.6 is 11.8 Å². The van der Waals surface area contributed by atoms with E-state index < -0.39 is 5.97 Å². The lowest BCUT2D eigenvalue weighted by Crippen LogP contribution is -2.28. The summed E-state index contributed by atoms with van der Waals surface area (Å²) in [6, 6.07) is 12.8. The Labute approximate surface area is 154 Å². The lowest BCUT2D eigenvalue weighted by Gasteiger charge is -2.12. The SMILES string of the molecule is CCN1C(=O)/C(=C\c2ccc(O)cc2)SC1=Nc1ccc(C(=O)O)cc1. The molecule has 132 valence electrons. The highest BCUT2D eigenvalue weighted by Gasteiger charge is 2.32. The lowest BCUT2D eigenvalue weighted by atomic mass is 10.2. The monoisotopic (exact) mass is 368 g/mol. The number of aromatic carboxylic acids is 1. The van der Waals surface area contributed by atoms with Crippen molar-refractivity contribution in [1.29, 1.82) is 0 Å². The average Bonchev–Trinajstić information content (AvgIpc) is 2.92. The van der Waals surface area contributed by atoms with Crippen molar-refractivity contribution in [2.45, 2.75) is 6.92 Å². The van der Waals surface area contributed by atoms with Crippen molar-refractivity contribution in [2.75, 3.05) is 6.54 Å². The number of phenolic OH excluding ortho intramolecular Hbond substituents is 1. The molecule has 0 aromatic heterocycles. The number of hydrogen-bond donors (Lipinski definition) is 2. The van der Waals surface area contributed by atoms with E-state index in [0.29, 0.717) is 22.3 Å². The van der Waals surface area contributed by atoms with Gasteiger partial charge < -0.3 is 10.2 Å². The van der Waals surface area contributed by atoms with Crippen LogP contribution in [0.15, 0.2) is 58.4 Å². The van der Waals surface area contributed by atoms with Gasteiger partial charge in [-0.3, -0.25) is 9.69 Å². The maximum absolute atomic E-state index is 12.6. The van der Waals surface area contributed by atoms with Gasteiger partial charge in [-0.25, -0.2) is 9.79 Å². The molecule has 2 aromatic carbocycles. The standard InChI is InChI=1S/C19H16N2O4S/c1-2-21-17(23)16(11-12-3-9-15(22)10-4-12)26-19(21)20-14-7-5-13(6-8-14)18(24)25/h3-11,22H,2H2,1H3,(H,24,25)/b16-11+,20-19?. The van der Waals surface area contributed by atoms with Crippen molar-refractivity contribution in [3.05, 3.63) is 64.6 Å². The van der Waals surface area contributed by atoms with Gasteiger partial charge in [-0.15, -0.1) is 0 Å². The first-order chi connectivity index (χ1) is 12.5. The van der Waals surface area contributed by atoms with E-state index in [1.165, 1.54) is 23.9 Å². The van der Waals surface area contributed by atoms with Crippen molar-refractivity contribution in [2.24, 2.45) is 4.99 Å². The van der Waals surface area contributed by atoms with Crippen LogP contribution in [0.2, 0.25) is 0 Å². The number of carboxylic acid groups (broad SMARTS) is 1. The third-order valence-corrected chi connectivity index (χ3v) is 4.74. The first-order valence-corrected chi connectivity index (χ1v) is 8.72. The van der Waals surface area contributed by atoms with E-state index in [2.05, 4.69) is 4.99 Å². The van der Waals surface area contributed by atoms with Gasteiger partial charge in [0.05, 0.1) is 16.2 Å². The summed E-state index contributed by atoms with van der Waals surface area (Å²) in [6.07, 6.45) is 1.76. The second-order valence-corrected chi connectivity index (χ2v) is 6.51. The summed E-state index contributed by atoms with van der Waals surface area (Å²) < 4.78 is 0. The van der Waals surface area contributed by atoms with E-state index in [1.54, 1.807) is 47.4 Å². The van der Waals surface area contributed by atoms with E-state index in [0.717, 1.165) is 5.56 Å². The molecule has 0 aliphatic carbocycles. The van der Waals surface area contributed by atoms with Crippen LogP contribution in [0.4, 0.5) is 5.69 Å². The van der Waals surface area contributed by atoms with E-state index >= 15 is 0 Å². The van der Waals surface area contributed by atoms with Gasteiger partial charge in [0, 0.05) is 6.54 Å². The van der Waals surface area contributed by atoms with Crippen molar-refractivity contribution in [3.8, 4) is 5.75 Å².